The predicted octanol–water partition coefficient (Wildman–Crippen LogP) is 9.02. The Bertz CT molecular complexity index is 488. The van der Waals surface area contributed by atoms with Gasteiger partial charge in [0.1, 0.15) is 0 Å². The van der Waals surface area contributed by atoms with Gasteiger partial charge < -0.3 is 13.8 Å². The number of rotatable bonds is 2. The molecule has 0 aromatic heterocycles. The summed E-state index contributed by atoms with van der Waals surface area (Å²) < 4.78 is 0. The van der Waals surface area contributed by atoms with E-state index in [1.807, 2.05) is 18.2 Å². The van der Waals surface area contributed by atoms with Crippen molar-refractivity contribution in [2.75, 3.05) is 0 Å². The van der Waals surface area contributed by atoms with Crippen LogP contribution in [0.5, 0.6) is 0 Å². The zero-order valence-corrected chi connectivity index (χ0v) is 24.0. The van der Waals surface area contributed by atoms with Gasteiger partial charge in [0.15, 0.2) is 0 Å². The van der Waals surface area contributed by atoms with Gasteiger partial charge in [-0.25, -0.2) is 0 Å². The van der Waals surface area contributed by atoms with Gasteiger partial charge in [-0.1, -0.05) is 112 Å². The molecule has 0 aliphatic heterocycles. The van der Waals surface area contributed by atoms with E-state index in [0.29, 0.717) is 5.92 Å². The predicted molar refractivity (Wildman–Crippen MR) is 138 cm³/mol. The Hall–Kier alpha value is -0.0657. The van der Waals surface area contributed by atoms with Crippen molar-refractivity contribution in [1.29, 1.82) is 0 Å². The van der Waals surface area contributed by atoms with E-state index in [9.17, 15) is 0 Å². The minimum Gasteiger partial charge on any atom is -0.369 e. The molecular formula is C31H44Ti+2. The van der Waals surface area contributed by atoms with Gasteiger partial charge in [0, 0.05) is 0 Å². The van der Waals surface area contributed by atoms with Gasteiger partial charge >= 0.3 is 21.7 Å². The molecule has 0 N–H and O–H groups in total. The van der Waals surface area contributed by atoms with Crippen LogP contribution in [0.1, 0.15) is 87.6 Å². The molecule has 0 heterocycles. The van der Waals surface area contributed by atoms with Crippen LogP contribution in [-0.2, 0) is 21.7 Å². The second-order valence-electron chi connectivity index (χ2n) is 9.21. The van der Waals surface area contributed by atoms with Crippen molar-refractivity contribution in [3.63, 3.8) is 0 Å². The van der Waals surface area contributed by atoms with E-state index < -0.39 is 0 Å². The van der Waals surface area contributed by atoms with Gasteiger partial charge in [0.2, 0.25) is 0 Å². The third-order valence-corrected chi connectivity index (χ3v) is 7.66. The van der Waals surface area contributed by atoms with Gasteiger partial charge in [0.25, 0.3) is 0 Å². The van der Waals surface area contributed by atoms with Gasteiger partial charge in [-0.15, -0.1) is 0 Å². The Kier molecular flexibility index (Phi) is 14.3. The van der Waals surface area contributed by atoms with Crippen molar-refractivity contribution in [2.24, 2.45) is 5.92 Å². The first kappa shape index (κ1) is 31.9. The Labute approximate surface area is 218 Å². The van der Waals surface area contributed by atoms with Crippen LogP contribution in [0.25, 0.3) is 0 Å². The molecular weight excluding hydrogens is 420 g/mol. The van der Waals surface area contributed by atoms with E-state index in [2.05, 4.69) is 102 Å². The van der Waals surface area contributed by atoms with Crippen LogP contribution in [0.4, 0.5) is 0 Å². The van der Waals surface area contributed by atoms with Crippen molar-refractivity contribution < 1.29 is 21.7 Å². The molecule has 0 saturated heterocycles. The summed E-state index contributed by atoms with van der Waals surface area (Å²) in [6.07, 6.45) is 0. The summed E-state index contributed by atoms with van der Waals surface area (Å²) >= 11 is 0. The summed E-state index contributed by atoms with van der Waals surface area (Å²) in [4.78, 5) is 0. The fourth-order valence-corrected chi connectivity index (χ4v) is 3.84. The Morgan fingerprint density at radius 3 is 0.875 bits per heavy atom. The molecule has 2 fully saturated rings. The van der Waals surface area contributed by atoms with E-state index in [1.54, 1.807) is 0 Å². The molecule has 2 aliphatic carbocycles. The third kappa shape index (κ3) is 8.01. The third-order valence-electron chi connectivity index (χ3n) is 7.66. The molecule has 0 nitrogen and oxygen atoms in total. The largest absolute Gasteiger partial charge is 4.00 e. The molecule has 1 heteroatoms. The Balaban J connectivity index is 0.000000444. The first-order valence-electron chi connectivity index (χ1n) is 11.4. The molecule has 0 bridgehead atoms. The topological polar surface area (TPSA) is 0 Å². The molecule has 32 heavy (non-hydrogen) atoms. The fraction of sp³-hybridized carbons (Fsp3) is 0.419. The van der Waals surface area contributed by atoms with Crippen LogP contribution >= 0.6 is 0 Å². The molecule has 1 aromatic carbocycles. The molecule has 170 valence electrons. The van der Waals surface area contributed by atoms with Crippen LogP contribution < -0.4 is 0 Å². The van der Waals surface area contributed by atoms with Crippen LogP contribution in [0, 0.1) is 78.9 Å². The summed E-state index contributed by atoms with van der Waals surface area (Å²) in [5.74, 6) is 15.4. The molecule has 1 aromatic rings. The first-order chi connectivity index (χ1) is 14.3. The summed E-state index contributed by atoms with van der Waals surface area (Å²) in [6, 6.07) is 10.4. The Morgan fingerprint density at radius 1 is 0.469 bits per heavy atom. The van der Waals surface area contributed by atoms with Gasteiger partial charge in [-0.3, -0.25) is 5.92 Å². The van der Waals surface area contributed by atoms with E-state index in [-0.39, 0.29) is 27.6 Å². The van der Waals surface area contributed by atoms with E-state index in [1.165, 1.54) is 64.7 Å². The molecule has 0 spiro atoms. The SMILES string of the molecule is C[C]1[C](C)[C](C)[C](C)[C]1C.C[C]1[C](C)[C](C)[C](C)[C]1C.[CH2-]C([CH2-])C(C)c1ccccc1.[Ti+4]. The van der Waals surface area contributed by atoms with Crippen LogP contribution in [-0.4, -0.2) is 0 Å². The molecule has 1 unspecified atom stereocenters. The Morgan fingerprint density at radius 2 is 0.688 bits per heavy atom. The van der Waals surface area contributed by atoms with E-state index >= 15 is 0 Å². The molecule has 1 atom stereocenters. The van der Waals surface area contributed by atoms with E-state index in [0.717, 1.165) is 0 Å². The maximum Gasteiger partial charge on any atom is 4.00 e. The number of benzene rings is 1. The van der Waals surface area contributed by atoms with E-state index in [4.69, 9.17) is 0 Å². The fourth-order valence-electron chi connectivity index (χ4n) is 3.84. The van der Waals surface area contributed by atoms with Crippen molar-refractivity contribution in [3.8, 4) is 0 Å². The van der Waals surface area contributed by atoms with Crippen molar-refractivity contribution in [3.05, 3.63) is 109 Å². The van der Waals surface area contributed by atoms with Gasteiger partial charge in [-0.05, 0) is 64.7 Å². The first-order valence-corrected chi connectivity index (χ1v) is 11.4. The van der Waals surface area contributed by atoms with Crippen LogP contribution in [0.3, 0.4) is 0 Å². The molecule has 2 aliphatic rings. The van der Waals surface area contributed by atoms with Crippen LogP contribution in [0.15, 0.2) is 30.3 Å². The normalized spacial score (nSPS) is 22.4. The van der Waals surface area contributed by atoms with Crippen molar-refractivity contribution in [2.45, 2.75) is 82.1 Å². The minimum absolute atomic E-state index is 0. The molecule has 10 radical (unpaired) electrons. The zero-order chi connectivity index (χ0) is 24.0. The molecule has 3 rings (SSSR count). The van der Waals surface area contributed by atoms with Crippen LogP contribution in [0.2, 0.25) is 0 Å². The minimum atomic E-state index is 0. The standard InChI is InChI=1S/C11H14.2C10H15.Ti/c1-9(2)10(3)11-7-5-4-6-8-11;2*1-6-7(2)9(4)10(5)8(6)3;/h4-10H,1-2H2,3H3;2*1-5H3;/q-2;;;+4. The second-order valence-corrected chi connectivity index (χ2v) is 9.21. The quantitative estimate of drug-likeness (QED) is 0.303. The molecule has 2 saturated carbocycles. The average Bonchev–Trinajstić information content (AvgIpc) is 3.04. The van der Waals surface area contributed by atoms with Crippen molar-refractivity contribution >= 4 is 0 Å². The summed E-state index contributed by atoms with van der Waals surface area (Å²) in [5.41, 5.74) is 1.32. The molecule has 0 amide bonds. The summed E-state index contributed by atoms with van der Waals surface area (Å²) in [6.45, 7) is 32.0. The summed E-state index contributed by atoms with van der Waals surface area (Å²) in [5, 5.41) is 0. The smallest absolute Gasteiger partial charge is 0.369 e. The zero-order valence-electron chi connectivity index (χ0n) is 22.5. The van der Waals surface area contributed by atoms with Crippen molar-refractivity contribution in [1.82, 2.24) is 0 Å². The summed E-state index contributed by atoms with van der Waals surface area (Å²) in [7, 11) is 0. The average molecular weight is 465 g/mol. The monoisotopic (exact) mass is 464 g/mol. The number of hydrogen-bond acceptors (Lipinski definition) is 0. The maximum atomic E-state index is 3.90. The number of hydrogen-bond donors (Lipinski definition) is 0. The second kappa shape index (κ2) is 14.4. The van der Waals surface area contributed by atoms with Gasteiger partial charge in [-0.2, -0.15) is 0 Å². The maximum absolute atomic E-state index is 3.90. The van der Waals surface area contributed by atoms with Gasteiger partial charge in [0.05, 0.1) is 0 Å².